The maximum absolute atomic E-state index is 11.5. The molecule has 21 heavy (non-hydrogen) atoms. The van der Waals surface area contributed by atoms with Gasteiger partial charge in [-0.1, -0.05) is 36.4 Å². The number of amides is 1. The van der Waals surface area contributed by atoms with Crippen molar-refractivity contribution in [3.05, 3.63) is 66.4 Å². The smallest absolute Gasteiger partial charge is 0.243 e. The van der Waals surface area contributed by atoms with Crippen LogP contribution in [0.5, 0.6) is 0 Å². The van der Waals surface area contributed by atoms with Crippen LogP contribution in [0.1, 0.15) is 5.56 Å². The predicted molar refractivity (Wildman–Crippen MR) is 83.7 cm³/mol. The fourth-order valence-electron chi connectivity index (χ4n) is 2.23. The third kappa shape index (κ3) is 2.56. The van der Waals surface area contributed by atoms with Crippen molar-refractivity contribution in [1.82, 2.24) is 14.9 Å². The van der Waals surface area contributed by atoms with Crippen molar-refractivity contribution in [3.63, 3.8) is 0 Å². The van der Waals surface area contributed by atoms with Crippen LogP contribution >= 0.6 is 0 Å². The molecule has 3 aromatic rings. The second kappa shape index (κ2) is 5.63. The summed E-state index contributed by atoms with van der Waals surface area (Å²) in [6, 6.07) is 15.8. The fraction of sp³-hybridized carbons (Fsp3) is 0.0588. The SMILES string of the molecule is CNC(=O)C=Cc1c(-c2ccccc2)nn2ccccc12. The first-order valence-electron chi connectivity index (χ1n) is 6.72. The number of carbonyl (C=O) groups is 1. The van der Waals surface area contributed by atoms with Crippen molar-refractivity contribution >= 4 is 17.5 Å². The number of rotatable bonds is 3. The van der Waals surface area contributed by atoms with Crippen LogP contribution in [0.2, 0.25) is 0 Å². The Morgan fingerprint density at radius 1 is 1.14 bits per heavy atom. The molecular formula is C17H15N3O. The van der Waals surface area contributed by atoms with Crippen LogP contribution in [0.4, 0.5) is 0 Å². The molecule has 4 nitrogen and oxygen atoms in total. The second-order valence-electron chi connectivity index (χ2n) is 4.61. The number of aromatic nitrogens is 2. The van der Waals surface area contributed by atoms with E-state index in [1.165, 1.54) is 6.08 Å². The Balaban J connectivity index is 2.19. The van der Waals surface area contributed by atoms with E-state index < -0.39 is 0 Å². The summed E-state index contributed by atoms with van der Waals surface area (Å²) in [7, 11) is 1.61. The second-order valence-corrected chi connectivity index (χ2v) is 4.61. The molecule has 0 saturated heterocycles. The summed E-state index contributed by atoms with van der Waals surface area (Å²) in [5, 5.41) is 7.20. The molecule has 104 valence electrons. The van der Waals surface area contributed by atoms with Crippen LogP contribution in [0.25, 0.3) is 22.9 Å². The summed E-state index contributed by atoms with van der Waals surface area (Å²) in [4.78, 5) is 11.5. The summed E-state index contributed by atoms with van der Waals surface area (Å²) in [6.45, 7) is 0. The van der Waals surface area contributed by atoms with Crippen molar-refractivity contribution in [2.75, 3.05) is 7.05 Å². The fourth-order valence-corrected chi connectivity index (χ4v) is 2.23. The number of hydrogen-bond donors (Lipinski definition) is 1. The lowest BCUT2D eigenvalue weighted by Gasteiger charge is -1.98. The lowest BCUT2D eigenvalue weighted by Crippen LogP contribution is -2.13. The van der Waals surface area contributed by atoms with Gasteiger partial charge in [0.1, 0.15) is 5.69 Å². The predicted octanol–water partition coefficient (Wildman–Crippen LogP) is 2.76. The van der Waals surface area contributed by atoms with E-state index >= 15 is 0 Å². The minimum absolute atomic E-state index is 0.135. The van der Waals surface area contributed by atoms with Crippen LogP contribution in [-0.4, -0.2) is 22.6 Å². The molecule has 0 atom stereocenters. The van der Waals surface area contributed by atoms with Gasteiger partial charge in [0, 0.05) is 30.4 Å². The number of pyridine rings is 1. The number of nitrogens with one attached hydrogen (secondary N) is 1. The number of hydrogen-bond acceptors (Lipinski definition) is 2. The number of nitrogens with zero attached hydrogens (tertiary/aromatic N) is 2. The van der Waals surface area contributed by atoms with E-state index in [0.717, 1.165) is 22.3 Å². The molecule has 0 spiro atoms. The standard InChI is InChI=1S/C17H15N3O/c1-18-16(21)11-10-14-15-9-5-6-12-20(15)19-17(14)13-7-3-2-4-8-13/h2-12H,1H3,(H,18,21). The molecule has 0 aliphatic rings. The number of fused-ring (bicyclic) bond motifs is 1. The zero-order chi connectivity index (χ0) is 14.7. The quantitative estimate of drug-likeness (QED) is 0.748. The molecular weight excluding hydrogens is 262 g/mol. The van der Waals surface area contributed by atoms with E-state index in [1.807, 2.05) is 65.3 Å². The Morgan fingerprint density at radius 2 is 1.90 bits per heavy atom. The van der Waals surface area contributed by atoms with E-state index in [1.54, 1.807) is 7.05 Å². The van der Waals surface area contributed by atoms with Crippen LogP contribution in [0.15, 0.2) is 60.8 Å². The number of likely N-dealkylation sites (N-methyl/N-ethyl adjacent to an activating group) is 1. The van der Waals surface area contributed by atoms with Gasteiger partial charge in [0.2, 0.25) is 5.91 Å². The summed E-state index contributed by atoms with van der Waals surface area (Å²) in [5.74, 6) is -0.135. The molecule has 0 bridgehead atoms. The molecule has 0 fully saturated rings. The van der Waals surface area contributed by atoms with Gasteiger partial charge in [-0.05, 0) is 18.2 Å². The van der Waals surface area contributed by atoms with E-state index in [4.69, 9.17) is 0 Å². The van der Waals surface area contributed by atoms with E-state index in [-0.39, 0.29) is 5.91 Å². The van der Waals surface area contributed by atoms with E-state index in [0.29, 0.717) is 0 Å². The highest BCUT2D eigenvalue weighted by atomic mass is 16.1. The van der Waals surface area contributed by atoms with Gasteiger partial charge in [-0.25, -0.2) is 4.52 Å². The summed E-state index contributed by atoms with van der Waals surface area (Å²) >= 11 is 0. The Morgan fingerprint density at radius 3 is 2.67 bits per heavy atom. The first-order valence-corrected chi connectivity index (χ1v) is 6.72. The lowest BCUT2D eigenvalue weighted by molar-refractivity contribution is -0.115. The highest BCUT2D eigenvalue weighted by Crippen LogP contribution is 2.27. The Labute approximate surface area is 122 Å². The first-order chi connectivity index (χ1) is 10.3. The molecule has 4 heteroatoms. The summed E-state index contributed by atoms with van der Waals surface area (Å²) in [6.07, 6.45) is 5.24. The Hall–Kier alpha value is -2.88. The molecule has 0 aliphatic carbocycles. The van der Waals surface area contributed by atoms with E-state index in [2.05, 4.69) is 10.4 Å². The van der Waals surface area contributed by atoms with Crippen LogP contribution in [-0.2, 0) is 4.79 Å². The molecule has 2 aromatic heterocycles. The third-order valence-electron chi connectivity index (χ3n) is 3.27. The molecule has 0 saturated carbocycles. The van der Waals surface area contributed by atoms with Gasteiger partial charge >= 0.3 is 0 Å². The summed E-state index contributed by atoms with van der Waals surface area (Å²) in [5.41, 5.74) is 3.79. The average molecular weight is 277 g/mol. The first kappa shape index (κ1) is 13.1. The van der Waals surface area contributed by atoms with Gasteiger partial charge in [0.05, 0.1) is 5.52 Å². The van der Waals surface area contributed by atoms with Crippen LogP contribution < -0.4 is 5.32 Å². The molecule has 1 N–H and O–H groups in total. The zero-order valence-electron chi connectivity index (χ0n) is 11.7. The molecule has 3 rings (SSSR count). The van der Waals surface area contributed by atoms with Crippen molar-refractivity contribution in [1.29, 1.82) is 0 Å². The van der Waals surface area contributed by atoms with Gasteiger partial charge < -0.3 is 5.32 Å². The Bertz CT molecular complexity index is 803. The molecule has 0 aliphatic heterocycles. The molecule has 1 amide bonds. The topological polar surface area (TPSA) is 46.4 Å². The highest BCUT2D eigenvalue weighted by molar-refractivity contribution is 5.94. The van der Waals surface area contributed by atoms with Crippen molar-refractivity contribution in [2.45, 2.75) is 0 Å². The van der Waals surface area contributed by atoms with Crippen molar-refractivity contribution in [2.24, 2.45) is 0 Å². The zero-order valence-corrected chi connectivity index (χ0v) is 11.7. The summed E-state index contributed by atoms with van der Waals surface area (Å²) < 4.78 is 1.83. The molecule has 0 radical (unpaired) electrons. The minimum atomic E-state index is -0.135. The van der Waals surface area contributed by atoms with Crippen molar-refractivity contribution in [3.8, 4) is 11.3 Å². The van der Waals surface area contributed by atoms with Crippen LogP contribution in [0.3, 0.4) is 0 Å². The van der Waals surface area contributed by atoms with Crippen LogP contribution in [0, 0.1) is 0 Å². The van der Waals surface area contributed by atoms with Gasteiger partial charge in [0.15, 0.2) is 0 Å². The van der Waals surface area contributed by atoms with Crippen molar-refractivity contribution < 1.29 is 4.79 Å². The number of benzene rings is 1. The maximum atomic E-state index is 11.5. The number of carbonyl (C=O) groups excluding carboxylic acids is 1. The normalized spacial score (nSPS) is 11.1. The maximum Gasteiger partial charge on any atom is 0.243 e. The monoisotopic (exact) mass is 277 g/mol. The molecule has 2 heterocycles. The van der Waals surface area contributed by atoms with Gasteiger partial charge in [-0.2, -0.15) is 5.10 Å². The highest BCUT2D eigenvalue weighted by Gasteiger charge is 2.11. The third-order valence-corrected chi connectivity index (χ3v) is 3.27. The average Bonchev–Trinajstić information content (AvgIpc) is 2.92. The largest absolute Gasteiger partial charge is 0.356 e. The van der Waals surface area contributed by atoms with Gasteiger partial charge in [-0.15, -0.1) is 0 Å². The Kier molecular flexibility index (Phi) is 3.51. The van der Waals surface area contributed by atoms with E-state index in [9.17, 15) is 4.79 Å². The molecule has 1 aromatic carbocycles. The lowest BCUT2D eigenvalue weighted by atomic mass is 10.1. The minimum Gasteiger partial charge on any atom is -0.356 e. The van der Waals surface area contributed by atoms with Gasteiger partial charge in [-0.3, -0.25) is 4.79 Å². The van der Waals surface area contributed by atoms with Gasteiger partial charge in [0.25, 0.3) is 0 Å². The molecule has 0 unspecified atom stereocenters.